The fourth-order valence-corrected chi connectivity index (χ4v) is 6.79. The topological polar surface area (TPSA) is 113 Å². The van der Waals surface area contributed by atoms with Gasteiger partial charge in [0.1, 0.15) is 6.04 Å². The first-order valence-corrected chi connectivity index (χ1v) is 17.8. The molecular formula is C36H39N3O5S2. The molecular weight excluding hydrogens is 619 g/mol. The summed E-state index contributed by atoms with van der Waals surface area (Å²) in [7, 11) is -4.24. The van der Waals surface area contributed by atoms with Crippen molar-refractivity contribution < 1.29 is 22.8 Å². The van der Waals surface area contributed by atoms with Crippen LogP contribution < -0.4 is 10.0 Å². The average Bonchev–Trinajstić information content (AvgIpc) is 3.07. The predicted molar refractivity (Wildman–Crippen MR) is 185 cm³/mol. The molecule has 8 nitrogen and oxygen atoms in total. The van der Waals surface area contributed by atoms with Gasteiger partial charge in [-0.3, -0.25) is 14.5 Å². The molecule has 4 rings (SSSR count). The lowest BCUT2D eigenvalue weighted by atomic mass is 10.0. The van der Waals surface area contributed by atoms with E-state index in [9.17, 15) is 22.8 Å². The number of benzene rings is 4. The zero-order valence-corrected chi connectivity index (χ0v) is 27.8. The van der Waals surface area contributed by atoms with Crippen molar-refractivity contribution in [1.82, 2.24) is 14.9 Å². The largest absolute Gasteiger partial charge is 0.325 e. The van der Waals surface area contributed by atoms with Crippen molar-refractivity contribution in [2.24, 2.45) is 5.92 Å². The van der Waals surface area contributed by atoms with Crippen molar-refractivity contribution in [3.63, 3.8) is 0 Å². The highest BCUT2D eigenvalue weighted by Crippen LogP contribution is 2.23. The maximum Gasteiger partial charge on any atom is 0.325 e. The van der Waals surface area contributed by atoms with E-state index < -0.39 is 33.9 Å². The van der Waals surface area contributed by atoms with Gasteiger partial charge in [-0.25, -0.2) is 17.9 Å². The van der Waals surface area contributed by atoms with Gasteiger partial charge in [-0.1, -0.05) is 106 Å². The number of sulfonamides is 1. The summed E-state index contributed by atoms with van der Waals surface area (Å²) in [6, 6.07) is 30.4. The van der Waals surface area contributed by atoms with Gasteiger partial charge in [0.05, 0.1) is 4.90 Å². The molecule has 0 saturated carbocycles. The number of imide groups is 1. The third-order valence-corrected chi connectivity index (χ3v) is 9.84. The van der Waals surface area contributed by atoms with Crippen LogP contribution in [-0.2, 0) is 14.8 Å². The molecule has 240 valence electrons. The second-order valence-corrected chi connectivity index (χ2v) is 14.0. The molecule has 0 spiro atoms. The standard InChI is InChI=1S/C36H39N3O5S2/c1-4-22-39(35(41)31-17-11-16-30(23-31)28-14-9-6-10-15-28)36(42)37-33(25-45-24-26(2)3)34(40)38-46(43,44)32-20-18-29(19-21-32)27-12-7-5-8-13-27/h5-21,23,26,33H,4,22,24-25H2,1-3H3,(H,37,42)(H,38,40)/t33-/m0/s1. The molecule has 4 aromatic carbocycles. The van der Waals surface area contributed by atoms with E-state index in [0.717, 1.165) is 27.2 Å². The van der Waals surface area contributed by atoms with Crippen LogP contribution in [0.25, 0.3) is 22.3 Å². The summed E-state index contributed by atoms with van der Waals surface area (Å²) in [5.41, 5.74) is 3.84. The average molecular weight is 658 g/mol. The van der Waals surface area contributed by atoms with Crippen molar-refractivity contribution in [3.05, 3.63) is 115 Å². The Morgan fingerprint density at radius 1 is 0.739 bits per heavy atom. The van der Waals surface area contributed by atoms with Crippen LogP contribution in [0.5, 0.6) is 0 Å². The Balaban J connectivity index is 1.52. The quantitative estimate of drug-likeness (QED) is 0.163. The highest BCUT2D eigenvalue weighted by atomic mass is 32.2. The number of nitrogens with zero attached hydrogens (tertiary/aromatic N) is 1. The minimum Gasteiger partial charge on any atom is -0.325 e. The van der Waals surface area contributed by atoms with E-state index in [1.807, 2.05) is 87.5 Å². The summed E-state index contributed by atoms with van der Waals surface area (Å²) < 4.78 is 28.6. The molecule has 0 aliphatic carbocycles. The summed E-state index contributed by atoms with van der Waals surface area (Å²) in [6.45, 7) is 6.00. The monoisotopic (exact) mass is 657 g/mol. The van der Waals surface area contributed by atoms with Gasteiger partial charge in [0.2, 0.25) is 0 Å². The SMILES string of the molecule is CCCN(C(=O)N[C@@H](CSCC(C)C)C(=O)NS(=O)(=O)c1ccc(-c2ccccc2)cc1)C(=O)c1cccc(-c2ccccc2)c1. The second kappa shape index (κ2) is 16.2. The summed E-state index contributed by atoms with van der Waals surface area (Å²) in [5.74, 6) is -0.275. The molecule has 2 N–H and O–H groups in total. The van der Waals surface area contributed by atoms with Crippen molar-refractivity contribution in [2.45, 2.75) is 38.1 Å². The van der Waals surface area contributed by atoms with Crippen LogP contribution >= 0.6 is 11.8 Å². The molecule has 46 heavy (non-hydrogen) atoms. The van der Waals surface area contributed by atoms with Crippen LogP contribution in [0, 0.1) is 5.92 Å². The van der Waals surface area contributed by atoms with Gasteiger partial charge in [0.15, 0.2) is 0 Å². The Kier molecular flexibility index (Phi) is 12.2. The van der Waals surface area contributed by atoms with Crippen LogP contribution in [0.4, 0.5) is 4.79 Å². The summed E-state index contributed by atoms with van der Waals surface area (Å²) in [6.07, 6.45) is 0.490. The molecule has 0 aliphatic heterocycles. The minimum atomic E-state index is -4.24. The predicted octanol–water partition coefficient (Wildman–Crippen LogP) is 6.85. The van der Waals surface area contributed by atoms with Gasteiger partial charge < -0.3 is 5.32 Å². The molecule has 0 unspecified atom stereocenters. The van der Waals surface area contributed by atoms with Crippen LogP contribution in [0.1, 0.15) is 37.6 Å². The Morgan fingerprint density at radius 3 is 1.89 bits per heavy atom. The number of nitrogens with one attached hydrogen (secondary N) is 2. The first-order valence-electron chi connectivity index (χ1n) is 15.2. The van der Waals surface area contributed by atoms with Gasteiger partial charge in [-0.05, 0) is 64.6 Å². The van der Waals surface area contributed by atoms with E-state index in [4.69, 9.17) is 0 Å². The summed E-state index contributed by atoms with van der Waals surface area (Å²) >= 11 is 1.42. The zero-order valence-electron chi connectivity index (χ0n) is 26.2. The zero-order chi connectivity index (χ0) is 33.1. The lowest BCUT2D eigenvalue weighted by molar-refractivity contribution is -0.120. The van der Waals surface area contributed by atoms with E-state index in [-0.39, 0.29) is 17.2 Å². The van der Waals surface area contributed by atoms with Gasteiger partial charge in [0.25, 0.3) is 21.8 Å². The van der Waals surface area contributed by atoms with E-state index >= 15 is 0 Å². The van der Waals surface area contributed by atoms with Crippen LogP contribution in [-0.4, -0.2) is 55.3 Å². The highest BCUT2D eigenvalue weighted by Gasteiger charge is 2.30. The second-order valence-electron chi connectivity index (χ2n) is 11.2. The van der Waals surface area contributed by atoms with E-state index in [1.54, 1.807) is 30.3 Å². The Labute approximate surface area is 275 Å². The number of urea groups is 1. The smallest absolute Gasteiger partial charge is 0.325 e. The lowest BCUT2D eigenvalue weighted by Gasteiger charge is -2.25. The Hall–Kier alpha value is -4.41. The number of carbonyl (C=O) groups is 3. The Bertz CT molecular complexity index is 1730. The molecule has 0 aliphatic rings. The van der Waals surface area contributed by atoms with Gasteiger partial charge >= 0.3 is 6.03 Å². The van der Waals surface area contributed by atoms with Gasteiger partial charge in [0, 0.05) is 17.9 Å². The molecule has 4 amide bonds. The van der Waals surface area contributed by atoms with Gasteiger partial charge in [-0.15, -0.1) is 0 Å². The molecule has 0 bridgehead atoms. The Morgan fingerprint density at radius 2 is 1.30 bits per heavy atom. The minimum absolute atomic E-state index is 0.0819. The van der Waals surface area contributed by atoms with Crippen molar-refractivity contribution in [3.8, 4) is 22.3 Å². The summed E-state index contributed by atoms with van der Waals surface area (Å²) in [5, 5.41) is 2.65. The van der Waals surface area contributed by atoms with E-state index in [2.05, 4.69) is 10.0 Å². The fraction of sp³-hybridized carbons (Fsp3) is 0.250. The summed E-state index contributed by atoms with van der Waals surface area (Å²) in [4.78, 5) is 41.6. The van der Waals surface area contributed by atoms with Crippen LogP contribution in [0.2, 0.25) is 0 Å². The first-order chi connectivity index (χ1) is 22.1. The molecule has 0 fully saturated rings. The van der Waals surface area contributed by atoms with Crippen LogP contribution in [0.3, 0.4) is 0 Å². The van der Waals surface area contributed by atoms with Gasteiger partial charge in [-0.2, -0.15) is 11.8 Å². The molecule has 0 saturated heterocycles. The lowest BCUT2D eigenvalue weighted by Crippen LogP contribution is -2.54. The number of hydrogen-bond donors (Lipinski definition) is 2. The normalized spacial score (nSPS) is 11.9. The van der Waals surface area contributed by atoms with Crippen molar-refractivity contribution in [1.29, 1.82) is 0 Å². The third kappa shape index (κ3) is 9.31. The molecule has 4 aromatic rings. The molecule has 0 aromatic heterocycles. The first kappa shape index (κ1) is 34.5. The van der Waals surface area contributed by atoms with E-state index in [0.29, 0.717) is 23.7 Å². The number of hydrogen-bond acceptors (Lipinski definition) is 6. The number of amides is 4. The molecule has 0 heterocycles. The number of carbonyl (C=O) groups excluding carboxylic acids is 3. The third-order valence-electron chi connectivity index (χ3n) is 7.01. The number of thioether (sulfide) groups is 1. The van der Waals surface area contributed by atoms with Crippen LogP contribution in [0.15, 0.2) is 114 Å². The fourth-order valence-electron chi connectivity index (χ4n) is 4.69. The van der Waals surface area contributed by atoms with E-state index in [1.165, 1.54) is 23.9 Å². The maximum absolute atomic E-state index is 13.6. The highest BCUT2D eigenvalue weighted by molar-refractivity contribution is 7.99. The van der Waals surface area contributed by atoms with Crippen molar-refractivity contribution >= 4 is 39.6 Å². The molecule has 10 heteroatoms. The molecule has 1 atom stereocenters. The number of rotatable bonds is 13. The maximum atomic E-state index is 13.6. The van der Waals surface area contributed by atoms with Crippen molar-refractivity contribution in [2.75, 3.05) is 18.1 Å². The molecule has 0 radical (unpaired) electrons.